The normalized spacial score (nSPS) is 11.3. The summed E-state index contributed by atoms with van der Waals surface area (Å²) in [5.74, 6) is -0.0659. The van der Waals surface area contributed by atoms with E-state index in [-0.39, 0.29) is 11.7 Å². The molecule has 0 saturated carbocycles. The molecule has 5 nitrogen and oxygen atoms in total. The molecule has 0 bridgehead atoms. The molecule has 112 valence electrons. The first-order chi connectivity index (χ1) is 9.39. The van der Waals surface area contributed by atoms with Crippen LogP contribution in [-0.2, 0) is 20.6 Å². The molecule has 0 saturated heterocycles. The maximum Gasteiger partial charge on any atom is 0.216 e. The number of carbonyl (C=O) groups excluding carboxylic acids is 1. The number of benzene rings is 1. The smallest absolute Gasteiger partial charge is 0.216 e. The Kier molecular flexibility index (Phi) is 6.67. The van der Waals surface area contributed by atoms with E-state index in [1.54, 1.807) is 0 Å². The van der Waals surface area contributed by atoms with E-state index < -0.39 is 10.0 Å². The number of aryl methyl sites for hydroxylation is 1. The van der Waals surface area contributed by atoms with Crippen molar-refractivity contribution in [2.45, 2.75) is 32.4 Å². The van der Waals surface area contributed by atoms with Gasteiger partial charge in [0.15, 0.2) is 0 Å². The van der Waals surface area contributed by atoms with Crippen LogP contribution in [0.2, 0.25) is 0 Å². The fraction of sp³-hybridized carbons (Fsp3) is 0.500. The summed E-state index contributed by atoms with van der Waals surface area (Å²) < 4.78 is 26.3. The van der Waals surface area contributed by atoms with Crippen LogP contribution in [0.3, 0.4) is 0 Å². The highest BCUT2D eigenvalue weighted by molar-refractivity contribution is 7.88. The van der Waals surface area contributed by atoms with Gasteiger partial charge in [0.25, 0.3) is 0 Å². The number of sulfonamides is 1. The van der Waals surface area contributed by atoms with Gasteiger partial charge in [0.05, 0.1) is 5.75 Å². The summed E-state index contributed by atoms with van der Waals surface area (Å²) in [5, 5.41) is 2.67. The highest BCUT2D eigenvalue weighted by atomic mass is 32.2. The first-order valence-corrected chi connectivity index (χ1v) is 8.31. The molecule has 0 fully saturated rings. The van der Waals surface area contributed by atoms with E-state index in [9.17, 15) is 13.2 Å². The lowest BCUT2D eigenvalue weighted by atomic mass is 10.2. The predicted octanol–water partition coefficient (Wildman–Crippen LogP) is 1.33. The van der Waals surface area contributed by atoms with Crippen molar-refractivity contribution in [3.63, 3.8) is 0 Å². The predicted molar refractivity (Wildman–Crippen MR) is 79.7 cm³/mol. The molecule has 0 radical (unpaired) electrons. The summed E-state index contributed by atoms with van der Waals surface area (Å²) in [4.78, 5) is 10.6. The van der Waals surface area contributed by atoms with Crippen molar-refractivity contribution in [3.8, 4) is 0 Å². The molecule has 2 N–H and O–H groups in total. The average Bonchev–Trinajstić information content (AvgIpc) is 2.36. The van der Waals surface area contributed by atoms with Gasteiger partial charge in [-0.3, -0.25) is 4.79 Å². The Balaban J connectivity index is 2.28. The van der Waals surface area contributed by atoms with Crippen molar-refractivity contribution in [2.75, 3.05) is 13.1 Å². The summed E-state index contributed by atoms with van der Waals surface area (Å²) in [6, 6.07) is 7.45. The minimum absolute atomic E-state index is 0.00102. The summed E-state index contributed by atoms with van der Waals surface area (Å²) >= 11 is 0. The van der Waals surface area contributed by atoms with Gasteiger partial charge in [-0.25, -0.2) is 13.1 Å². The number of hydrogen-bond donors (Lipinski definition) is 2. The number of unbranched alkanes of at least 4 members (excludes halogenated alkanes) is 1. The zero-order chi connectivity index (χ0) is 15.0. The molecule has 20 heavy (non-hydrogen) atoms. The van der Waals surface area contributed by atoms with Crippen LogP contribution in [0.5, 0.6) is 0 Å². The van der Waals surface area contributed by atoms with E-state index in [0.29, 0.717) is 19.5 Å². The Morgan fingerprint density at radius 2 is 1.70 bits per heavy atom. The maximum atomic E-state index is 11.8. The van der Waals surface area contributed by atoms with Gasteiger partial charge >= 0.3 is 0 Å². The molecule has 1 aromatic carbocycles. The van der Waals surface area contributed by atoms with Gasteiger partial charge in [0, 0.05) is 20.0 Å². The minimum Gasteiger partial charge on any atom is -0.356 e. The van der Waals surface area contributed by atoms with Crippen LogP contribution < -0.4 is 10.0 Å². The number of rotatable bonds is 8. The molecule has 1 amide bonds. The molecule has 0 aromatic heterocycles. The van der Waals surface area contributed by atoms with Crippen molar-refractivity contribution in [1.29, 1.82) is 0 Å². The monoisotopic (exact) mass is 298 g/mol. The molecule has 0 aliphatic carbocycles. The molecule has 0 aliphatic rings. The first kappa shape index (κ1) is 16.7. The van der Waals surface area contributed by atoms with Gasteiger partial charge < -0.3 is 5.32 Å². The molecule has 1 aromatic rings. The van der Waals surface area contributed by atoms with Crippen molar-refractivity contribution >= 4 is 15.9 Å². The molecule has 6 heteroatoms. The largest absolute Gasteiger partial charge is 0.356 e. The number of carbonyl (C=O) groups is 1. The zero-order valence-electron chi connectivity index (χ0n) is 12.0. The zero-order valence-corrected chi connectivity index (χ0v) is 12.8. The van der Waals surface area contributed by atoms with Crippen LogP contribution >= 0.6 is 0 Å². The van der Waals surface area contributed by atoms with E-state index in [0.717, 1.165) is 17.5 Å². The lowest BCUT2D eigenvalue weighted by molar-refractivity contribution is -0.118. The van der Waals surface area contributed by atoms with Crippen LogP contribution in [0, 0.1) is 6.92 Å². The SMILES string of the molecule is CC(=O)NCCCCNS(=O)(=O)Cc1ccc(C)cc1. The van der Waals surface area contributed by atoms with Gasteiger partial charge in [0.1, 0.15) is 0 Å². The third kappa shape index (κ3) is 7.25. The third-order valence-electron chi connectivity index (χ3n) is 2.78. The second-order valence-electron chi connectivity index (χ2n) is 4.83. The fourth-order valence-electron chi connectivity index (χ4n) is 1.70. The average molecular weight is 298 g/mol. The van der Waals surface area contributed by atoms with Crippen LogP contribution in [-0.4, -0.2) is 27.4 Å². The maximum absolute atomic E-state index is 11.8. The number of nitrogens with one attached hydrogen (secondary N) is 2. The molecule has 1 rings (SSSR count). The van der Waals surface area contributed by atoms with E-state index in [2.05, 4.69) is 10.0 Å². The first-order valence-electron chi connectivity index (χ1n) is 6.66. The molecule has 0 unspecified atom stereocenters. The van der Waals surface area contributed by atoms with Gasteiger partial charge in [-0.15, -0.1) is 0 Å². The lowest BCUT2D eigenvalue weighted by Crippen LogP contribution is -2.27. The molecular formula is C14H22N2O3S. The Morgan fingerprint density at radius 3 is 2.30 bits per heavy atom. The molecule has 0 spiro atoms. The Labute approximate surface area is 120 Å². The van der Waals surface area contributed by atoms with Crippen LogP contribution in [0.15, 0.2) is 24.3 Å². The van der Waals surface area contributed by atoms with Crippen molar-refractivity contribution in [1.82, 2.24) is 10.0 Å². The Hall–Kier alpha value is -1.40. The summed E-state index contributed by atoms with van der Waals surface area (Å²) in [5.41, 5.74) is 1.89. The quantitative estimate of drug-likeness (QED) is 0.711. The summed E-state index contributed by atoms with van der Waals surface area (Å²) in [6.07, 6.45) is 1.46. The lowest BCUT2D eigenvalue weighted by Gasteiger charge is -2.07. The van der Waals surface area contributed by atoms with Gasteiger partial charge in [-0.05, 0) is 25.3 Å². The summed E-state index contributed by atoms with van der Waals surface area (Å²) in [7, 11) is -3.29. The molecule has 0 atom stereocenters. The molecule has 0 heterocycles. The van der Waals surface area contributed by atoms with Crippen LogP contribution in [0.4, 0.5) is 0 Å². The van der Waals surface area contributed by atoms with Crippen LogP contribution in [0.25, 0.3) is 0 Å². The van der Waals surface area contributed by atoms with Crippen molar-refractivity contribution < 1.29 is 13.2 Å². The van der Waals surface area contributed by atoms with Gasteiger partial charge in [0.2, 0.25) is 15.9 Å². The third-order valence-corrected chi connectivity index (χ3v) is 4.13. The van der Waals surface area contributed by atoms with E-state index >= 15 is 0 Å². The minimum atomic E-state index is -3.29. The standard InChI is InChI=1S/C14H22N2O3S/c1-12-5-7-14(8-6-12)11-20(18,19)16-10-4-3-9-15-13(2)17/h5-8,16H,3-4,9-11H2,1-2H3,(H,15,17). The summed E-state index contributed by atoms with van der Waals surface area (Å²) in [6.45, 7) is 4.40. The fourth-order valence-corrected chi connectivity index (χ4v) is 2.89. The van der Waals surface area contributed by atoms with Crippen LogP contribution in [0.1, 0.15) is 30.9 Å². The second kappa shape index (κ2) is 8.01. The molecular weight excluding hydrogens is 276 g/mol. The number of amides is 1. The number of hydrogen-bond acceptors (Lipinski definition) is 3. The van der Waals surface area contributed by atoms with Crippen molar-refractivity contribution in [3.05, 3.63) is 35.4 Å². The van der Waals surface area contributed by atoms with E-state index in [1.807, 2.05) is 31.2 Å². The topological polar surface area (TPSA) is 75.3 Å². The Bertz CT molecular complexity index is 524. The highest BCUT2D eigenvalue weighted by Crippen LogP contribution is 2.06. The van der Waals surface area contributed by atoms with Gasteiger partial charge in [-0.1, -0.05) is 29.8 Å². The highest BCUT2D eigenvalue weighted by Gasteiger charge is 2.10. The van der Waals surface area contributed by atoms with Crippen molar-refractivity contribution in [2.24, 2.45) is 0 Å². The van der Waals surface area contributed by atoms with E-state index in [4.69, 9.17) is 0 Å². The second-order valence-corrected chi connectivity index (χ2v) is 6.64. The van der Waals surface area contributed by atoms with E-state index in [1.165, 1.54) is 6.92 Å². The van der Waals surface area contributed by atoms with Gasteiger partial charge in [-0.2, -0.15) is 0 Å². The Morgan fingerprint density at radius 1 is 1.10 bits per heavy atom. The molecule has 0 aliphatic heterocycles.